The predicted molar refractivity (Wildman–Crippen MR) is 309 cm³/mol. The molecule has 446 valence electrons. The number of hydrogen-bond donors (Lipinski definition) is 9. The summed E-state index contributed by atoms with van der Waals surface area (Å²) in [7, 11) is 0. The van der Waals surface area contributed by atoms with Crippen LogP contribution in [0.5, 0.6) is 0 Å². The number of carbonyl (C=O) groups excluding carboxylic acids is 1. The van der Waals surface area contributed by atoms with Crippen molar-refractivity contribution in [3.05, 3.63) is 72.9 Å². The van der Waals surface area contributed by atoms with Crippen molar-refractivity contribution in [2.45, 2.75) is 299 Å². The summed E-state index contributed by atoms with van der Waals surface area (Å²) >= 11 is 0. The number of aliphatic hydroxyl groups excluding tert-OH is 8. The van der Waals surface area contributed by atoms with Crippen molar-refractivity contribution in [2.75, 3.05) is 19.8 Å². The highest BCUT2D eigenvalue weighted by atomic mass is 16.7. The van der Waals surface area contributed by atoms with Gasteiger partial charge in [0.05, 0.1) is 32.0 Å². The molecule has 14 nitrogen and oxygen atoms in total. The first kappa shape index (κ1) is 70.5. The molecule has 12 atom stereocenters. The topological polar surface area (TPSA) is 228 Å². The van der Waals surface area contributed by atoms with Gasteiger partial charge in [0.25, 0.3) is 0 Å². The molecule has 2 saturated heterocycles. The van der Waals surface area contributed by atoms with Crippen LogP contribution in [0.2, 0.25) is 0 Å². The first-order valence-electron chi connectivity index (χ1n) is 30.7. The molecule has 0 aliphatic carbocycles. The number of nitrogens with one attached hydrogen (secondary N) is 1. The third-order valence-electron chi connectivity index (χ3n) is 14.6. The lowest BCUT2D eigenvalue weighted by Gasteiger charge is -2.46. The zero-order chi connectivity index (χ0) is 56.0. The van der Waals surface area contributed by atoms with Crippen LogP contribution in [0.4, 0.5) is 0 Å². The number of allylic oxidation sites excluding steroid dienone is 11. The third-order valence-corrected chi connectivity index (χ3v) is 14.6. The SMILES string of the molecule is CCCC/C=C/CC/C=C/CC/C=C/C(O)C(COC1OC(CO)C(OC2OC(CO)C(O)C(O)C2O)C(O)C1O)NC(=O)CCCCCCCCCCCCCCCCCC/C=C\C/C=C\C/C=C\CCCCCCC. The molecule has 0 aromatic carbocycles. The number of ether oxygens (including phenoxy) is 4. The van der Waals surface area contributed by atoms with E-state index in [0.717, 1.165) is 57.8 Å². The minimum atomic E-state index is -1.79. The van der Waals surface area contributed by atoms with Crippen molar-refractivity contribution in [1.29, 1.82) is 0 Å². The molecule has 1 amide bonds. The molecule has 77 heavy (non-hydrogen) atoms. The molecule has 2 fully saturated rings. The van der Waals surface area contributed by atoms with E-state index in [1.54, 1.807) is 6.08 Å². The van der Waals surface area contributed by atoms with Crippen LogP contribution in [0.3, 0.4) is 0 Å². The summed E-state index contributed by atoms with van der Waals surface area (Å²) in [6.07, 6.45) is 46.8. The highest BCUT2D eigenvalue weighted by Crippen LogP contribution is 2.30. The molecule has 0 saturated carbocycles. The first-order valence-corrected chi connectivity index (χ1v) is 30.7. The normalized spacial score (nSPS) is 25.2. The smallest absolute Gasteiger partial charge is 0.220 e. The first-order chi connectivity index (χ1) is 37.6. The van der Waals surface area contributed by atoms with Crippen molar-refractivity contribution in [3.8, 4) is 0 Å². The average molecular weight is 1090 g/mol. The number of rotatable bonds is 48. The fraction of sp³-hybridized carbons (Fsp3) is 0.794. The maximum absolute atomic E-state index is 13.2. The Balaban J connectivity index is 1.66. The Morgan fingerprint density at radius 3 is 1.40 bits per heavy atom. The maximum atomic E-state index is 13.2. The van der Waals surface area contributed by atoms with Crippen molar-refractivity contribution in [2.24, 2.45) is 0 Å². The van der Waals surface area contributed by atoms with Gasteiger partial charge in [-0.3, -0.25) is 4.79 Å². The van der Waals surface area contributed by atoms with Gasteiger partial charge in [0.2, 0.25) is 5.91 Å². The molecule has 2 aliphatic heterocycles. The molecule has 0 spiro atoms. The summed E-state index contributed by atoms with van der Waals surface area (Å²) in [4.78, 5) is 13.2. The van der Waals surface area contributed by atoms with Crippen molar-refractivity contribution < 1.29 is 64.6 Å². The summed E-state index contributed by atoms with van der Waals surface area (Å²) in [6.45, 7) is 2.70. The zero-order valence-corrected chi connectivity index (χ0v) is 47.9. The Morgan fingerprint density at radius 1 is 0.468 bits per heavy atom. The van der Waals surface area contributed by atoms with E-state index in [0.29, 0.717) is 12.8 Å². The average Bonchev–Trinajstić information content (AvgIpc) is 3.44. The van der Waals surface area contributed by atoms with E-state index in [2.05, 4.69) is 79.9 Å². The number of carbonyl (C=O) groups is 1. The van der Waals surface area contributed by atoms with Crippen molar-refractivity contribution >= 4 is 5.91 Å². The highest BCUT2D eigenvalue weighted by Gasteiger charge is 2.51. The molecule has 0 aromatic heterocycles. The maximum Gasteiger partial charge on any atom is 0.220 e. The molecular weight excluding hydrogens is 979 g/mol. The Kier molecular flexibility index (Phi) is 44.1. The Morgan fingerprint density at radius 2 is 0.883 bits per heavy atom. The molecule has 2 heterocycles. The number of amides is 1. The molecule has 14 heteroatoms. The number of hydrogen-bond acceptors (Lipinski definition) is 13. The van der Waals surface area contributed by atoms with Crippen LogP contribution in [-0.2, 0) is 23.7 Å². The van der Waals surface area contributed by atoms with E-state index < -0.39 is 86.8 Å². The molecule has 0 bridgehead atoms. The Hall–Kier alpha value is -2.57. The largest absolute Gasteiger partial charge is 0.394 e. The van der Waals surface area contributed by atoms with Crippen LogP contribution in [0, 0.1) is 0 Å². The number of unbranched alkanes of at least 4 members (excludes halogenated alkanes) is 25. The van der Waals surface area contributed by atoms with E-state index in [1.807, 2.05) is 6.08 Å². The minimum Gasteiger partial charge on any atom is -0.394 e. The lowest BCUT2D eigenvalue weighted by Crippen LogP contribution is -2.65. The lowest BCUT2D eigenvalue weighted by atomic mass is 9.97. The molecule has 0 aromatic rings. The van der Waals surface area contributed by atoms with Gasteiger partial charge in [-0.1, -0.05) is 215 Å². The van der Waals surface area contributed by atoms with Crippen LogP contribution in [0.25, 0.3) is 0 Å². The monoisotopic (exact) mass is 1090 g/mol. The molecule has 12 unspecified atom stereocenters. The molecule has 9 N–H and O–H groups in total. The van der Waals surface area contributed by atoms with Gasteiger partial charge in [0, 0.05) is 6.42 Å². The van der Waals surface area contributed by atoms with Gasteiger partial charge in [-0.05, 0) is 77.0 Å². The number of aliphatic hydroxyl groups is 8. The van der Waals surface area contributed by atoms with Gasteiger partial charge >= 0.3 is 0 Å². The quantitative estimate of drug-likeness (QED) is 0.0204. The standard InChI is InChI=1S/C63H111NO13/c1-3-5-7-9-11-13-15-17-18-19-20-21-22-23-24-25-26-27-28-29-30-31-32-33-34-35-37-39-41-43-45-47-55(68)64-51(52(67)46-44-42-40-38-36-16-14-12-10-8-6-4-2)50-74-62-60(73)58(71)61(54(49-66)76-62)77-63-59(72)57(70)56(69)53(48-65)75-63/h10,12,15,17,19-20,22-23,36,38,44,46,51-54,56-63,65-67,69-73H,3-9,11,13-14,16,18,21,24-35,37,39-43,45,47-50H2,1-2H3,(H,64,68)/b12-10+,17-15-,20-19-,23-22-,38-36+,46-44+. The Bertz CT molecular complexity index is 1570. The lowest BCUT2D eigenvalue weighted by molar-refractivity contribution is -0.359. The molecule has 0 radical (unpaired) electrons. The van der Waals surface area contributed by atoms with Gasteiger partial charge < -0.3 is 65.1 Å². The van der Waals surface area contributed by atoms with Crippen molar-refractivity contribution in [1.82, 2.24) is 5.32 Å². The van der Waals surface area contributed by atoms with Crippen LogP contribution < -0.4 is 5.32 Å². The molecule has 2 rings (SSSR count). The van der Waals surface area contributed by atoms with E-state index >= 15 is 0 Å². The van der Waals surface area contributed by atoms with E-state index in [4.69, 9.17) is 18.9 Å². The minimum absolute atomic E-state index is 0.256. The second-order valence-corrected chi connectivity index (χ2v) is 21.5. The summed E-state index contributed by atoms with van der Waals surface area (Å²) in [5.74, 6) is -0.256. The fourth-order valence-corrected chi connectivity index (χ4v) is 9.61. The molecular formula is C63H111NO13. The van der Waals surface area contributed by atoms with Gasteiger partial charge in [-0.15, -0.1) is 0 Å². The second kappa shape index (κ2) is 48.2. The van der Waals surface area contributed by atoms with Crippen LogP contribution >= 0.6 is 0 Å². The van der Waals surface area contributed by atoms with Gasteiger partial charge in [0.1, 0.15) is 48.8 Å². The Labute approximate surface area is 466 Å². The van der Waals surface area contributed by atoms with Gasteiger partial charge in [-0.2, -0.15) is 0 Å². The second-order valence-electron chi connectivity index (χ2n) is 21.5. The fourth-order valence-electron chi connectivity index (χ4n) is 9.61. The van der Waals surface area contributed by atoms with Gasteiger partial charge in [-0.25, -0.2) is 0 Å². The van der Waals surface area contributed by atoms with Crippen molar-refractivity contribution in [3.63, 3.8) is 0 Å². The van der Waals surface area contributed by atoms with Gasteiger partial charge in [0.15, 0.2) is 12.6 Å². The summed E-state index contributed by atoms with van der Waals surface area (Å²) in [5, 5.41) is 86.9. The van der Waals surface area contributed by atoms with Crippen LogP contribution in [0.15, 0.2) is 72.9 Å². The summed E-state index contributed by atoms with van der Waals surface area (Å²) < 4.78 is 22.7. The molecule has 2 aliphatic rings. The summed E-state index contributed by atoms with van der Waals surface area (Å²) in [5.41, 5.74) is 0. The van der Waals surface area contributed by atoms with E-state index in [-0.39, 0.29) is 18.9 Å². The van der Waals surface area contributed by atoms with Crippen LogP contribution in [-0.4, -0.2) is 140 Å². The van der Waals surface area contributed by atoms with E-state index in [9.17, 15) is 45.6 Å². The van der Waals surface area contributed by atoms with Crippen LogP contribution in [0.1, 0.15) is 226 Å². The predicted octanol–water partition coefficient (Wildman–Crippen LogP) is 10.7. The summed E-state index contributed by atoms with van der Waals surface area (Å²) in [6, 6.07) is -0.939. The van der Waals surface area contributed by atoms with E-state index in [1.165, 1.54) is 135 Å². The highest BCUT2D eigenvalue weighted by molar-refractivity contribution is 5.76. The third kappa shape index (κ3) is 33.7. The zero-order valence-electron chi connectivity index (χ0n) is 47.9.